The minimum Gasteiger partial charge on any atom is -0.331 e. The van der Waals surface area contributed by atoms with E-state index in [1.807, 2.05) is 24.3 Å². The summed E-state index contributed by atoms with van der Waals surface area (Å²) in [5, 5.41) is 4.22. The molecule has 2 aromatic rings. The lowest BCUT2D eigenvalue weighted by molar-refractivity contribution is 0.0611. The lowest BCUT2D eigenvalue weighted by atomic mass is 9.96. The molecule has 1 saturated heterocycles. The highest BCUT2D eigenvalue weighted by Gasteiger charge is 2.29. The van der Waals surface area contributed by atoms with E-state index >= 15 is 0 Å². The van der Waals surface area contributed by atoms with Gasteiger partial charge < -0.3 is 4.90 Å². The minimum absolute atomic E-state index is 0.00938. The van der Waals surface area contributed by atoms with E-state index in [2.05, 4.69) is 5.10 Å². The van der Waals surface area contributed by atoms with Crippen LogP contribution in [0.1, 0.15) is 41.2 Å². The van der Waals surface area contributed by atoms with E-state index in [9.17, 15) is 13.2 Å². The minimum atomic E-state index is -3.50. The van der Waals surface area contributed by atoms with Gasteiger partial charge in [0.1, 0.15) is 0 Å². The molecule has 0 spiro atoms. The number of carbonyl (C=O) groups is 1. The van der Waals surface area contributed by atoms with Crippen LogP contribution in [-0.2, 0) is 17.1 Å². The van der Waals surface area contributed by atoms with Gasteiger partial charge in [-0.1, -0.05) is 0 Å². The topological polar surface area (TPSA) is 75.5 Å². The van der Waals surface area contributed by atoms with Crippen molar-refractivity contribution in [2.24, 2.45) is 7.05 Å². The Labute approximate surface area is 154 Å². The molecule has 0 saturated carbocycles. The van der Waals surface area contributed by atoms with E-state index in [1.165, 1.54) is 26.2 Å². The molecule has 1 aliphatic rings. The van der Waals surface area contributed by atoms with Crippen molar-refractivity contribution < 1.29 is 13.2 Å². The molecule has 26 heavy (non-hydrogen) atoms. The summed E-state index contributed by atoms with van der Waals surface area (Å²) in [5.41, 5.74) is 1.53. The highest BCUT2D eigenvalue weighted by atomic mass is 32.2. The number of carbonyl (C=O) groups excluding carboxylic acids is 1. The first-order chi connectivity index (χ1) is 12.3. The third-order valence-electron chi connectivity index (χ3n) is 4.75. The lowest BCUT2D eigenvalue weighted by Gasteiger charge is -2.35. The third-order valence-corrected chi connectivity index (χ3v) is 6.58. The molecule has 0 N–H and O–H groups in total. The van der Waals surface area contributed by atoms with E-state index in [0.29, 0.717) is 12.1 Å². The molecule has 1 fully saturated rings. The molecular weight excluding hydrogens is 352 g/mol. The summed E-state index contributed by atoms with van der Waals surface area (Å²) < 4.78 is 27.3. The van der Waals surface area contributed by atoms with Crippen LogP contribution in [0, 0.1) is 0 Å². The Morgan fingerprint density at radius 3 is 2.46 bits per heavy atom. The van der Waals surface area contributed by atoms with Crippen LogP contribution in [0.15, 0.2) is 41.6 Å². The third kappa shape index (κ3) is 3.52. The fourth-order valence-corrected chi connectivity index (χ4v) is 4.18. The zero-order chi connectivity index (χ0) is 18.9. The van der Waals surface area contributed by atoms with Crippen LogP contribution in [0.3, 0.4) is 0 Å². The van der Waals surface area contributed by atoms with Gasteiger partial charge in [-0.3, -0.25) is 9.48 Å². The summed E-state index contributed by atoms with van der Waals surface area (Å²) in [6.45, 7) is 0.691. The van der Waals surface area contributed by atoms with Crippen molar-refractivity contribution in [1.29, 1.82) is 0 Å². The number of hydrogen-bond acceptors (Lipinski definition) is 4. The van der Waals surface area contributed by atoms with Crippen molar-refractivity contribution in [3.8, 4) is 0 Å². The Kier molecular flexibility index (Phi) is 5.15. The highest BCUT2D eigenvalue weighted by Crippen LogP contribution is 2.32. The number of nitrogens with zero attached hydrogens (tertiary/aromatic N) is 4. The molecule has 1 aromatic carbocycles. The van der Waals surface area contributed by atoms with Gasteiger partial charge in [-0.25, -0.2) is 12.7 Å². The number of amides is 1. The predicted octanol–water partition coefficient (Wildman–Crippen LogP) is 2.04. The Bertz CT molecular complexity index is 887. The van der Waals surface area contributed by atoms with Gasteiger partial charge >= 0.3 is 0 Å². The SMILES string of the molecule is CN(C)S(=O)(=O)c1ccc(C(=O)N2CCCC[C@@H]2c2cnn(C)c2)cc1. The molecule has 0 unspecified atom stereocenters. The fourth-order valence-electron chi connectivity index (χ4n) is 3.28. The Morgan fingerprint density at radius 2 is 1.88 bits per heavy atom. The maximum Gasteiger partial charge on any atom is 0.254 e. The molecule has 2 heterocycles. The zero-order valence-electron chi connectivity index (χ0n) is 15.3. The van der Waals surface area contributed by atoms with E-state index in [-0.39, 0.29) is 16.8 Å². The van der Waals surface area contributed by atoms with Crippen molar-refractivity contribution in [3.05, 3.63) is 47.8 Å². The van der Waals surface area contributed by atoms with Gasteiger partial charge in [-0.2, -0.15) is 5.10 Å². The predicted molar refractivity (Wildman–Crippen MR) is 98.2 cm³/mol. The molecule has 3 rings (SSSR count). The van der Waals surface area contributed by atoms with E-state index < -0.39 is 10.0 Å². The maximum atomic E-state index is 13.0. The van der Waals surface area contributed by atoms with Crippen molar-refractivity contribution in [2.45, 2.75) is 30.2 Å². The lowest BCUT2D eigenvalue weighted by Crippen LogP contribution is -2.38. The number of hydrogen-bond donors (Lipinski definition) is 0. The smallest absolute Gasteiger partial charge is 0.254 e. The summed E-state index contributed by atoms with van der Waals surface area (Å²) in [6, 6.07) is 6.17. The normalized spacial score (nSPS) is 18.3. The second-order valence-corrected chi connectivity index (χ2v) is 8.92. The zero-order valence-corrected chi connectivity index (χ0v) is 16.1. The monoisotopic (exact) mass is 376 g/mol. The molecular formula is C18H24N4O3S. The summed E-state index contributed by atoms with van der Waals surface area (Å²) in [6.07, 6.45) is 6.70. The second kappa shape index (κ2) is 7.20. The van der Waals surface area contributed by atoms with Crippen molar-refractivity contribution in [1.82, 2.24) is 19.0 Å². The average molecular weight is 376 g/mol. The maximum absolute atomic E-state index is 13.0. The number of benzene rings is 1. The Morgan fingerprint density at radius 1 is 1.19 bits per heavy atom. The standard InChI is InChI=1S/C18H24N4O3S/c1-20(2)26(24,25)16-9-7-14(8-10-16)18(23)22-11-5-4-6-17(22)15-12-19-21(3)13-15/h7-10,12-13,17H,4-6,11H2,1-3H3/t17-/m1/s1. The van der Waals surface area contributed by atoms with Crippen LogP contribution < -0.4 is 0 Å². The Hall–Kier alpha value is -2.19. The summed E-state index contributed by atoms with van der Waals surface area (Å²) in [5.74, 6) is -0.0765. The molecule has 1 aliphatic heterocycles. The number of aromatic nitrogens is 2. The van der Waals surface area contributed by atoms with Gasteiger partial charge in [0.05, 0.1) is 17.1 Å². The molecule has 1 atom stereocenters. The van der Waals surface area contributed by atoms with Crippen LogP contribution in [0.4, 0.5) is 0 Å². The summed E-state index contributed by atoms with van der Waals surface area (Å²) >= 11 is 0. The highest BCUT2D eigenvalue weighted by molar-refractivity contribution is 7.89. The van der Waals surface area contributed by atoms with Gasteiger partial charge in [0.2, 0.25) is 10.0 Å². The van der Waals surface area contributed by atoms with Crippen LogP contribution in [0.5, 0.6) is 0 Å². The molecule has 7 nitrogen and oxygen atoms in total. The molecule has 8 heteroatoms. The van der Waals surface area contributed by atoms with E-state index in [1.54, 1.807) is 16.8 Å². The number of rotatable bonds is 4. The summed E-state index contributed by atoms with van der Waals surface area (Å²) in [4.78, 5) is 15.1. The van der Waals surface area contributed by atoms with Gasteiger partial charge in [0, 0.05) is 45.0 Å². The second-order valence-electron chi connectivity index (χ2n) is 6.77. The number of sulfonamides is 1. The molecule has 140 valence electrons. The van der Waals surface area contributed by atoms with Crippen LogP contribution in [0.2, 0.25) is 0 Å². The molecule has 1 aromatic heterocycles. The number of likely N-dealkylation sites (tertiary alicyclic amines) is 1. The number of piperidine rings is 1. The molecule has 0 bridgehead atoms. The quantitative estimate of drug-likeness (QED) is 0.818. The van der Waals surface area contributed by atoms with Crippen LogP contribution >= 0.6 is 0 Å². The Balaban J connectivity index is 1.85. The van der Waals surface area contributed by atoms with Gasteiger partial charge in [-0.15, -0.1) is 0 Å². The summed E-state index contributed by atoms with van der Waals surface area (Å²) in [7, 11) is 1.34. The van der Waals surface area contributed by atoms with E-state index in [4.69, 9.17) is 0 Å². The van der Waals surface area contributed by atoms with Crippen molar-refractivity contribution in [2.75, 3.05) is 20.6 Å². The average Bonchev–Trinajstić information content (AvgIpc) is 3.07. The molecule has 1 amide bonds. The first kappa shape index (κ1) is 18.6. The van der Waals surface area contributed by atoms with E-state index in [0.717, 1.165) is 29.1 Å². The van der Waals surface area contributed by atoms with Crippen molar-refractivity contribution in [3.63, 3.8) is 0 Å². The van der Waals surface area contributed by atoms with Crippen LogP contribution in [-0.4, -0.2) is 54.0 Å². The molecule has 0 radical (unpaired) electrons. The van der Waals surface area contributed by atoms with Gasteiger partial charge in [0.15, 0.2) is 0 Å². The largest absolute Gasteiger partial charge is 0.331 e. The first-order valence-corrected chi connectivity index (χ1v) is 10.1. The van der Waals surface area contributed by atoms with Gasteiger partial charge in [0.25, 0.3) is 5.91 Å². The van der Waals surface area contributed by atoms with Crippen molar-refractivity contribution >= 4 is 15.9 Å². The van der Waals surface area contributed by atoms with Crippen LogP contribution in [0.25, 0.3) is 0 Å². The molecule has 0 aliphatic carbocycles. The van der Waals surface area contributed by atoms with Gasteiger partial charge in [-0.05, 0) is 43.5 Å². The number of aryl methyl sites for hydroxylation is 1. The fraction of sp³-hybridized carbons (Fsp3) is 0.444. The first-order valence-electron chi connectivity index (χ1n) is 8.63.